The lowest BCUT2D eigenvalue weighted by Gasteiger charge is -2.39. The van der Waals surface area contributed by atoms with Crippen molar-refractivity contribution in [1.82, 2.24) is 13.7 Å². The van der Waals surface area contributed by atoms with Gasteiger partial charge in [-0.15, -0.1) is 11.3 Å². The first-order valence-electron chi connectivity index (χ1n) is 24.7. The van der Waals surface area contributed by atoms with E-state index in [4.69, 9.17) is 0 Å². The Labute approximate surface area is 411 Å². The van der Waals surface area contributed by atoms with Crippen LogP contribution in [-0.4, -0.2) is 20.4 Å². The Morgan fingerprint density at radius 3 is 1.69 bits per heavy atom. The third-order valence-electron chi connectivity index (χ3n) is 15.7. The number of benzene rings is 9. The molecular weight excluding hydrogens is 868 g/mol. The molecule has 6 heteroatoms. The van der Waals surface area contributed by atoms with E-state index in [-0.39, 0.29) is 17.5 Å². The molecule has 0 fully saturated rings. The van der Waals surface area contributed by atoms with Crippen LogP contribution in [0.25, 0.3) is 92.6 Å². The molecule has 70 heavy (non-hydrogen) atoms. The first-order chi connectivity index (χ1) is 34.0. The molecule has 15 rings (SSSR count). The number of thiophene rings is 1. The fraction of sp³-hybridized carbons (Fsp3) is 0.125. The molecule has 4 nitrogen and oxygen atoms in total. The minimum absolute atomic E-state index is 0.00349. The molecule has 0 aliphatic carbocycles. The molecule has 0 saturated carbocycles. The molecule has 9 aromatic carbocycles. The monoisotopic (exact) mass is 916 g/mol. The Balaban J connectivity index is 1.14. The van der Waals surface area contributed by atoms with Crippen LogP contribution in [0.2, 0.25) is 0 Å². The molecule has 0 atom stereocenters. The zero-order chi connectivity index (χ0) is 46.9. The van der Waals surface area contributed by atoms with Crippen molar-refractivity contribution in [2.45, 2.75) is 52.4 Å². The fourth-order valence-corrected chi connectivity index (χ4v) is 13.8. The van der Waals surface area contributed by atoms with Gasteiger partial charge in [-0.05, 0) is 106 Å². The van der Waals surface area contributed by atoms with Gasteiger partial charge in [0, 0.05) is 75.4 Å². The average Bonchev–Trinajstić information content (AvgIpc) is 4.12. The van der Waals surface area contributed by atoms with Gasteiger partial charge in [-0.3, -0.25) is 0 Å². The normalized spacial score (nSPS) is 13.5. The van der Waals surface area contributed by atoms with Gasteiger partial charge in [-0.1, -0.05) is 157 Å². The maximum absolute atomic E-state index is 2.65. The minimum atomic E-state index is -0.0173. The SMILES string of the molecule is CC(C)(C)c1ccc(N2c3cc(-n4c5ccccc5c5ccccc54)cc4c3B(c3sc5ccc(C(C)(C)C)cc5c32)c2cccc3c5c(ccc6c7ccccc7n(-c7ccccc7)c65)n-4c23)cc1. The number of fused-ring (bicyclic) bond motifs is 16. The molecule has 0 radical (unpaired) electrons. The van der Waals surface area contributed by atoms with E-state index in [9.17, 15) is 0 Å². The predicted octanol–water partition coefficient (Wildman–Crippen LogP) is 15.4. The quantitative estimate of drug-likeness (QED) is 0.162. The van der Waals surface area contributed by atoms with Gasteiger partial charge in [-0.25, -0.2) is 0 Å². The van der Waals surface area contributed by atoms with Crippen LogP contribution in [-0.2, 0) is 10.8 Å². The Bertz CT molecular complexity index is 4320. The molecule has 0 saturated heterocycles. The van der Waals surface area contributed by atoms with Gasteiger partial charge in [0.25, 0.3) is 6.71 Å². The number of anilines is 3. The molecule has 13 aromatic rings. The molecular formula is C64H49BN4S. The largest absolute Gasteiger partial charge is 0.310 e. The van der Waals surface area contributed by atoms with Crippen molar-refractivity contribution in [1.29, 1.82) is 0 Å². The lowest BCUT2D eigenvalue weighted by Crippen LogP contribution is -2.59. The molecule has 0 unspecified atom stereocenters. The van der Waals surface area contributed by atoms with Crippen LogP contribution in [0, 0.1) is 0 Å². The Morgan fingerprint density at radius 1 is 0.400 bits per heavy atom. The molecule has 0 N–H and O–H groups in total. The van der Waals surface area contributed by atoms with Gasteiger partial charge in [0.15, 0.2) is 0 Å². The van der Waals surface area contributed by atoms with Crippen molar-refractivity contribution in [2.75, 3.05) is 4.90 Å². The highest BCUT2D eigenvalue weighted by atomic mass is 32.1. The van der Waals surface area contributed by atoms with Crippen molar-refractivity contribution < 1.29 is 0 Å². The van der Waals surface area contributed by atoms with Crippen molar-refractivity contribution >= 4 is 126 Å². The van der Waals surface area contributed by atoms with Gasteiger partial charge in [0.1, 0.15) is 0 Å². The zero-order valence-corrected chi connectivity index (χ0v) is 41.0. The number of para-hydroxylation sites is 5. The van der Waals surface area contributed by atoms with Gasteiger partial charge in [-0.2, -0.15) is 0 Å². The summed E-state index contributed by atoms with van der Waals surface area (Å²) in [5, 5.41) is 8.92. The Morgan fingerprint density at radius 2 is 1.00 bits per heavy atom. The van der Waals surface area contributed by atoms with Crippen molar-refractivity contribution in [2.24, 2.45) is 0 Å². The highest BCUT2D eigenvalue weighted by molar-refractivity contribution is 7.33. The second-order valence-corrected chi connectivity index (χ2v) is 22.8. The molecule has 2 aliphatic heterocycles. The molecule has 4 aromatic heterocycles. The summed E-state index contributed by atoms with van der Waals surface area (Å²) in [6.07, 6.45) is 0. The standard InChI is InChI=1S/C64H49BN4S/c1-63(2,3)38-27-30-41(31-28-38)68-54-36-42(66-50-24-13-10-19-43(50)44-20-11-14-25-51(44)66)37-55-58(54)65(62-61(68)48-35-39(64(4,5)6)29-34-56(48)70-62)49-23-16-22-47-57-53(69(55)59(47)49)33-32-46-45-21-12-15-26-52(45)67(60(46)57)40-17-8-7-9-18-40/h7-37H,1-6H3. The number of hydrogen-bond acceptors (Lipinski definition) is 2. The summed E-state index contributed by atoms with van der Waals surface area (Å²) >= 11 is 1.98. The van der Waals surface area contributed by atoms with Crippen LogP contribution in [0.15, 0.2) is 188 Å². The summed E-state index contributed by atoms with van der Waals surface area (Å²) in [5.41, 5.74) is 20.0. The van der Waals surface area contributed by atoms with E-state index < -0.39 is 0 Å². The summed E-state index contributed by atoms with van der Waals surface area (Å²) < 4.78 is 10.4. The molecule has 0 amide bonds. The smallest absolute Gasteiger partial charge is 0.264 e. The van der Waals surface area contributed by atoms with Crippen LogP contribution < -0.4 is 20.6 Å². The van der Waals surface area contributed by atoms with Crippen LogP contribution >= 0.6 is 11.3 Å². The average molecular weight is 917 g/mol. The van der Waals surface area contributed by atoms with Gasteiger partial charge >= 0.3 is 0 Å². The summed E-state index contributed by atoms with van der Waals surface area (Å²) in [4.78, 5) is 2.64. The van der Waals surface area contributed by atoms with E-state index in [1.165, 1.54) is 125 Å². The molecule has 334 valence electrons. The zero-order valence-electron chi connectivity index (χ0n) is 40.2. The maximum atomic E-state index is 2.65. The third kappa shape index (κ3) is 5.32. The van der Waals surface area contributed by atoms with E-state index in [1.54, 1.807) is 0 Å². The van der Waals surface area contributed by atoms with Crippen molar-refractivity contribution in [3.05, 3.63) is 199 Å². The molecule has 2 aliphatic rings. The maximum Gasteiger partial charge on any atom is 0.264 e. The lowest BCUT2D eigenvalue weighted by molar-refractivity contribution is 0.590. The number of rotatable bonds is 3. The second-order valence-electron chi connectivity index (χ2n) is 21.7. The van der Waals surface area contributed by atoms with Crippen LogP contribution in [0.5, 0.6) is 0 Å². The van der Waals surface area contributed by atoms with Crippen LogP contribution in [0.3, 0.4) is 0 Å². The summed E-state index contributed by atoms with van der Waals surface area (Å²) in [7, 11) is 0. The fourth-order valence-electron chi connectivity index (χ4n) is 12.5. The number of aromatic nitrogens is 3. The van der Waals surface area contributed by atoms with E-state index in [0.29, 0.717) is 0 Å². The van der Waals surface area contributed by atoms with E-state index in [2.05, 4.69) is 248 Å². The topological polar surface area (TPSA) is 18.0 Å². The van der Waals surface area contributed by atoms with E-state index in [0.717, 1.165) is 11.4 Å². The first-order valence-corrected chi connectivity index (χ1v) is 25.5. The van der Waals surface area contributed by atoms with Gasteiger partial charge in [0.2, 0.25) is 0 Å². The molecule has 0 bridgehead atoms. The third-order valence-corrected chi connectivity index (χ3v) is 16.9. The highest BCUT2D eigenvalue weighted by Gasteiger charge is 2.45. The minimum Gasteiger partial charge on any atom is -0.310 e. The van der Waals surface area contributed by atoms with E-state index in [1.807, 2.05) is 11.3 Å². The van der Waals surface area contributed by atoms with Gasteiger partial charge < -0.3 is 18.6 Å². The predicted molar refractivity (Wildman–Crippen MR) is 302 cm³/mol. The first kappa shape index (κ1) is 40.1. The number of nitrogens with zero attached hydrogens (tertiary/aromatic N) is 4. The Kier molecular flexibility index (Phi) is 7.98. The van der Waals surface area contributed by atoms with Crippen molar-refractivity contribution in [3.8, 4) is 17.1 Å². The van der Waals surface area contributed by atoms with Crippen molar-refractivity contribution in [3.63, 3.8) is 0 Å². The van der Waals surface area contributed by atoms with Crippen LogP contribution in [0.1, 0.15) is 52.7 Å². The molecule has 6 heterocycles. The summed E-state index contributed by atoms with van der Waals surface area (Å²) in [6.45, 7) is 13.9. The van der Waals surface area contributed by atoms with Gasteiger partial charge in [0.05, 0.1) is 39.0 Å². The lowest BCUT2D eigenvalue weighted by atomic mass is 9.36. The summed E-state index contributed by atoms with van der Waals surface area (Å²) in [6, 6.07) is 71.5. The van der Waals surface area contributed by atoms with E-state index >= 15 is 0 Å². The Hall–Kier alpha value is -7.80. The second kappa shape index (κ2) is 13.9. The summed E-state index contributed by atoms with van der Waals surface area (Å²) in [5.74, 6) is 0. The number of hydrogen-bond donors (Lipinski definition) is 0. The molecule has 0 spiro atoms. The van der Waals surface area contributed by atoms with Crippen LogP contribution in [0.4, 0.5) is 17.1 Å². The highest BCUT2D eigenvalue weighted by Crippen LogP contribution is 2.50.